The predicted octanol–water partition coefficient (Wildman–Crippen LogP) is 3.34. The molecule has 31 heavy (non-hydrogen) atoms. The number of imidazole rings is 1. The summed E-state index contributed by atoms with van der Waals surface area (Å²) in [5, 5.41) is 12.3. The van der Waals surface area contributed by atoms with Crippen molar-refractivity contribution in [2.45, 2.75) is 38.1 Å². The molecular weight excluding hydrogens is 394 g/mol. The van der Waals surface area contributed by atoms with Gasteiger partial charge in [-0.15, -0.1) is 0 Å². The van der Waals surface area contributed by atoms with Crippen molar-refractivity contribution in [3.05, 3.63) is 60.4 Å². The molecule has 2 heterocycles. The number of nitrogens with zero attached hydrogens (tertiary/aromatic N) is 2. The van der Waals surface area contributed by atoms with E-state index < -0.39 is 12.0 Å². The molecule has 1 saturated heterocycles. The number of nitrogens with one attached hydrogen (secondary N) is 1. The first-order valence-electron chi connectivity index (χ1n) is 10.7. The van der Waals surface area contributed by atoms with Gasteiger partial charge in [-0.2, -0.15) is 0 Å². The minimum atomic E-state index is -0.989. The third-order valence-corrected chi connectivity index (χ3v) is 5.76. The Balaban J connectivity index is 1.46. The third-order valence-electron chi connectivity index (χ3n) is 5.76. The number of carboxylic acids is 1. The molecule has 0 saturated carbocycles. The number of carbonyl (C=O) groups is 2. The average molecular weight is 421 g/mol. The molecule has 1 unspecified atom stereocenters. The third kappa shape index (κ3) is 5.11. The van der Waals surface area contributed by atoms with E-state index in [1.54, 1.807) is 0 Å². The van der Waals surface area contributed by atoms with Gasteiger partial charge in [-0.05, 0) is 49.4 Å². The highest BCUT2D eigenvalue weighted by Gasteiger charge is 2.26. The fourth-order valence-electron chi connectivity index (χ4n) is 4.14. The summed E-state index contributed by atoms with van der Waals surface area (Å²) in [6.45, 7) is 1.31. The molecule has 1 atom stereocenters. The van der Waals surface area contributed by atoms with E-state index in [2.05, 4.69) is 9.88 Å². The Labute approximate surface area is 181 Å². The van der Waals surface area contributed by atoms with Gasteiger partial charge < -0.3 is 15.2 Å². The maximum Gasteiger partial charge on any atom is 0.326 e. The summed E-state index contributed by atoms with van der Waals surface area (Å²) in [4.78, 5) is 29.0. The van der Waals surface area contributed by atoms with Crippen molar-refractivity contribution >= 4 is 22.9 Å². The Morgan fingerprint density at radius 2 is 1.81 bits per heavy atom. The van der Waals surface area contributed by atoms with Crippen molar-refractivity contribution < 1.29 is 19.4 Å². The van der Waals surface area contributed by atoms with Crippen molar-refractivity contribution in [2.24, 2.45) is 5.92 Å². The Hall–Kier alpha value is -3.19. The van der Waals surface area contributed by atoms with Crippen LogP contribution in [-0.2, 0) is 20.7 Å². The second-order valence-corrected chi connectivity index (χ2v) is 7.94. The molecule has 0 bridgehead atoms. The van der Waals surface area contributed by atoms with Crippen molar-refractivity contribution in [3.63, 3.8) is 0 Å². The van der Waals surface area contributed by atoms with E-state index in [0.29, 0.717) is 26.1 Å². The number of carbonyl (C=O) groups excluding carboxylic acids is 1. The van der Waals surface area contributed by atoms with Gasteiger partial charge in [0.25, 0.3) is 0 Å². The van der Waals surface area contributed by atoms with Crippen LogP contribution < -0.4 is 5.32 Å². The molecule has 3 aromatic rings. The lowest BCUT2D eigenvalue weighted by atomic mass is 9.92. The zero-order valence-electron chi connectivity index (χ0n) is 17.4. The summed E-state index contributed by atoms with van der Waals surface area (Å²) in [6, 6.07) is 16.9. The summed E-state index contributed by atoms with van der Waals surface area (Å²) in [5.41, 5.74) is 2.83. The second-order valence-electron chi connectivity index (χ2n) is 7.94. The molecule has 0 radical (unpaired) electrons. The van der Waals surface area contributed by atoms with Crippen molar-refractivity contribution in [3.8, 4) is 5.69 Å². The van der Waals surface area contributed by atoms with Crippen LogP contribution in [0.3, 0.4) is 0 Å². The normalized spacial score (nSPS) is 15.6. The van der Waals surface area contributed by atoms with Crippen LogP contribution in [0.15, 0.2) is 54.6 Å². The number of rotatable bonds is 8. The van der Waals surface area contributed by atoms with Gasteiger partial charge in [-0.3, -0.25) is 9.36 Å². The van der Waals surface area contributed by atoms with Crippen LogP contribution in [0, 0.1) is 5.92 Å². The summed E-state index contributed by atoms with van der Waals surface area (Å²) < 4.78 is 7.39. The highest BCUT2D eigenvalue weighted by molar-refractivity contribution is 5.84. The number of fused-ring (bicyclic) bond motifs is 1. The number of aryl methyl sites for hydroxylation is 1. The zero-order chi connectivity index (χ0) is 21.6. The number of para-hydroxylation sites is 3. The van der Waals surface area contributed by atoms with Crippen LogP contribution in [0.25, 0.3) is 16.7 Å². The van der Waals surface area contributed by atoms with E-state index in [1.807, 2.05) is 54.6 Å². The molecule has 7 nitrogen and oxygen atoms in total. The summed E-state index contributed by atoms with van der Waals surface area (Å²) in [6.07, 6.45) is 2.70. The minimum absolute atomic E-state index is 0.174. The maximum absolute atomic E-state index is 12.6. The first-order valence-corrected chi connectivity index (χ1v) is 10.7. The van der Waals surface area contributed by atoms with E-state index in [4.69, 9.17) is 9.72 Å². The number of amides is 1. The fraction of sp³-hybridized carbons (Fsp3) is 0.375. The Bertz CT molecular complexity index is 1040. The van der Waals surface area contributed by atoms with Crippen LogP contribution in [0.4, 0.5) is 0 Å². The number of hydrogen-bond donors (Lipinski definition) is 2. The summed E-state index contributed by atoms with van der Waals surface area (Å²) in [7, 11) is 0. The topological polar surface area (TPSA) is 93.5 Å². The first-order chi connectivity index (χ1) is 15.1. The van der Waals surface area contributed by atoms with Gasteiger partial charge in [0.05, 0.1) is 11.0 Å². The number of ether oxygens (including phenoxy) is 1. The molecule has 1 aliphatic heterocycles. The molecule has 162 valence electrons. The van der Waals surface area contributed by atoms with Crippen LogP contribution in [0.2, 0.25) is 0 Å². The molecule has 1 aliphatic rings. The van der Waals surface area contributed by atoms with Gasteiger partial charge in [0.15, 0.2) is 0 Å². The lowest BCUT2D eigenvalue weighted by molar-refractivity contribution is -0.142. The number of benzene rings is 2. The lowest BCUT2D eigenvalue weighted by Crippen LogP contribution is -2.42. The molecule has 4 rings (SSSR count). The number of hydrogen-bond acceptors (Lipinski definition) is 4. The molecule has 0 spiro atoms. The molecule has 0 aliphatic carbocycles. The Kier molecular flexibility index (Phi) is 6.62. The van der Waals surface area contributed by atoms with E-state index in [-0.39, 0.29) is 18.2 Å². The van der Waals surface area contributed by atoms with Gasteiger partial charge in [0, 0.05) is 31.7 Å². The van der Waals surface area contributed by atoms with E-state index in [9.17, 15) is 14.7 Å². The molecule has 1 aromatic heterocycles. The molecular formula is C24H27N3O4. The SMILES string of the molecule is O=C(CCc1nc2ccccc2n1-c1ccccc1)NC(CC1CCOCC1)C(=O)O. The maximum atomic E-state index is 12.6. The van der Waals surface area contributed by atoms with E-state index in [1.165, 1.54) is 0 Å². The van der Waals surface area contributed by atoms with Crippen molar-refractivity contribution in [1.82, 2.24) is 14.9 Å². The average Bonchev–Trinajstić information content (AvgIpc) is 3.17. The van der Waals surface area contributed by atoms with Crippen molar-refractivity contribution in [1.29, 1.82) is 0 Å². The number of aromatic nitrogens is 2. The van der Waals surface area contributed by atoms with Crippen LogP contribution in [0.1, 0.15) is 31.5 Å². The van der Waals surface area contributed by atoms with Gasteiger partial charge >= 0.3 is 5.97 Å². The van der Waals surface area contributed by atoms with Crippen molar-refractivity contribution in [2.75, 3.05) is 13.2 Å². The highest BCUT2D eigenvalue weighted by atomic mass is 16.5. The largest absolute Gasteiger partial charge is 0.480 e. The first kappa shape index (κ1) is 21.1. The van der Waals surface area contributed by atoms with Gasteiger partial charge in [0.2, 0.25) is 5.91 Å². The minimum Gasteiger partial charge on any atom is -0.480 e. The molecule has 2 N–H and O–H groups in total. The molecule has 2 aromatic carbocycles. The Morgan fingerprint density at radius 1 is 1.10 bits per heavy atom. The van der Waals surface area contributed by atoms with Crippen LogP contribution >= 0.6 is 0 Å². The summed E-state index contributed by atoms with van der Waals surface area (Å²) >= 11 is 0. The molecule has 1 amide bonds. The number of carboxylic acid groups (broad SMARTS) is 1. The zero-order valence-corrected chi connectivity index (χ0v) is 17.4. The smallest absolute Gasteiger partial charge is 0.326 e. The number of aliphatic carboxylic acids is 1. The second kappa shape index (κ2) is 9.75. The van der Waals surface area contributed by atoms with Gasteiger partial charge in [-0.25, -0.2) is 9.78 Å². The van der Waals surface area contributed by atoms with E-state index >= 15 is 0 Å². The fourth-order valence-corrected chi connectivity index (χ4v) is 4.14. The van der Waals surface area contributed by atoms with E-state index in [0.717, 1.165) is 35.4 Å². The van der Waals surface area contributed by atoms with Gasteiger partial charge in [-0.1, -0.05) is 30.3 Å². The predicted molar refractivity (Wildman–Crippen MR) is 117 cm³/mol. The molecule has 1 fully saturated rings. The van der Waals surface area contributed by atoms with Crippen LogP contribution in [-0.4, -0.2) is 45.8 Å². The van der Waals surface area contributed by atoms with Gasteiger partial charge in [0.1, 0.15) is 11.9 Å². The molecule has 7 heteroatoms. The van der Waals surface area contributed by atoms with Crippen LogP contribution in [0.5, 0.6) is 0 Å². The standard InChI is InChI=1S/C24H27N3O4/c28-23(26-20(24(29)30)16-17-12-14-31-15-13-17)11-10-22-25-19-8-4-5-9-21(19)27(22)18-6-2-1-3-7-18/h1-9,17,20H,10-16H2,(H,26,28)(H,29,30). The quantitative estimate of drug-likeness (QED) is 0.582. The highest BCUT2D eigenvalue weighted by Crippen LogP contribution is 2.23. The monoisotopic (exact) mass is 421 g/mol. The lowest BCUT2D eigenvalue weighted by Gasteiger charge is -2.25. The summed E-state index contributed by atoms with van der Waals surface area (Å²) in [5.74, 6) is -0.223. The Morgan fingerprint density at radius 3 is 2.55 bits per heavy atom.